The first-order valence-electron chi connectivity index (χ1n) is 8.94. The van der Waals surface area contributed by atoms with Gasteiger partial charge in [-0.3, -0.25) is 4.79 Å². The van der Waals surface area contributed by atoms with Gasteiger partial charge >= 0.3 is 0 Å². The van der Waals surface area contributed by atoms with Gasteiger partial charge in [-0.1, -0.05) is 35.0 Å². The van der Waals surface area contributed by atoms with E-state index in [1.807, 2.05) is 31.2 Å². The summed E-state index contributed by atoms with van der Waals surface area (Å²) in [5, 5.41) is 4.03. The molecule has 1 aromatic heterocycles. The zero-order valence-electron chi connectivity index (χ0n) is 15.1. The van der Waals surface area contributed by atoms with Gasteiger partial charge in [0.05, 0.1) is 0 Å². The maximum Gasteiger partial charge on any atom is 0.292 e. The second-order valence-electron chi connectivity index (χ2n) is 6.70. The molecule has 27 heavy (non-hydrogen) atoms. The largest absolute Gasteiger partial charge is 0.368 e. The van der Waals surface area contributed by atoms with Crippen LogP contribution in [0, 0.1) is 12.7 Å². The van der Waals surface area contributed by atoms with E-state index in [1.165, 1.54) is 12.1 Å². The molecule has 5 nitrogen and oxygen atoms in total. The van der Waals surface area contributed by atoms with Crippen LogP contribution in [-0.2, 0) is 0 Å². The van der Waals surface area contributed by atoms with Crippen LogP contribution in [0.4, 0.5) is 10.1 Å². The van der Waals surface area contributed by atoms with Gasteiger partial charge in [0, 0.05) is 43.5 Å². The third-order valence-corrected chi connectivity index (χ3v) is 4.83. The molecule has 1 fully saturated rings. The molecule has 1 amide bonds. The Bertz CT molecular complexity index is 927. The van der Waals surface area contributed by atoms with Crippen molar-refractivity contribution in [2.45, 2.75) is 6.92 Å². The quantitative estimate of drug-likeness (QED) is 0.709. The second-order valence-corrected chi connectivity index (χ2v) is 6.70. The van der Waals surface area contributed by atoms with Crippen molar-refractivity contribution in [3.05, 3.63) is 71.7 Å². The molecule has 1 aliphatic rings. The van der Waals surface area contributed by atoms with Crippen molar-refractivity contribution < 1.29 is 13.7 Å². The van der Waals surface area contributed by atoms with E-state index in [0.29, 0.717) is 31.9 Å². The lowest BCUT2D eigenvalue weighted by atomic mass is 10.1. The van der Waals surface area contributed by atoms with E-state index in [-0.39, 0.29) is 17.5 Å². The second kappa shape index (κ2) is 7.23. The number of aromatic nitrogens is 1. The van der Waals surface area contributed by atoms with Crippen LogP contribution in [0.2, 0.25) is 0 Å². The molecule has 1 saturated heterocycles. The van der Waals surface area contributed by atoms with Gasteiger partial charge in [-0.05, 0) is 31.2 Å². The summed E-state index contributed by atoms with van der Waals surface area (Å²) in [6.07, 6.45) is 0. The summed E-state index contributed by atoms with van der Waals surface area (Å²) in [7, 11) is 0. The fourth-order valence-electron chi connectivity index (χ4n) is 3.21. The fourth-order valence-corrected chi connectivity index (χ4v) is 3.21. The molecular weight excluding hydrogens is 345 g/mol. The van der Waals surface area contributed by atoms with Gasteiger partial charge in [0.2, 0.25) is 5.76 Å². The number of halogens is 1. The molecule has 6 heteroatoms. The number of anilines is 1. The van der Waals surface area contributed by atoms with Crippen molar-refractivity contribution in [3.63, 3.8) is 0 Å². The van der Waals surface area contributed by atoms with Crippen LogP contribution >= 0.6 is 0 Å². The highest BCUT2D eigenvalue weighted by Crippen LogP contribution is 2.22. The lowest BCUT2D eigenvalue weighted by molar-refractivity contribution is 0.0705. The number of hydrogen-bond donors (Lipinski definition) is 0. The van der Waals surface area contributed by atoms with E-state index in [1.54, 1.807) is 23.1 Å². The standard InChI is InChI=1S/C21H20FN3O2/c1-15-2-4-16(5-3-15)19-14-20(27-23-19)21(26)25-12-10-24(11-13-25)18-8-6-17(22)7-9-18/h2-9,14H,10-13H2,1H3. The Morgan fingerprint density at radius 2 is 1.67 bits per heavy atom. The Hall–Kier alpha value is -3.15. The molecular formula is C21H20FN3O2. The maximum absolute atomic E-state index is 13.1. The monoisotopic (exact) mass is 365 g/mol. The molecule has 0 atom stereocenters. The Balaban J connectivity index is 1.41. The molecule has 0 radical (unpaired) electrons. The highest BCUT2D eigenvalue weighted by atomic mass is 19.1. The molecule has 2 aromatic carbocycles. The SMILES string of the molecule is Cc1ccc(-c2cc(C(=O)N3CCN(c4ccc(F)cc4)CC3)on2)cc1. The lowest BCUT2D eigenvalue weighted by Crippen LogP contribution is -2.48. The number of amides is 1. The van der Waals surface area contributed by atoms with Crippen LogP contribution < -0.4 is 4.90 Å². The first-order chi connectivity index (χ1) is 13.1. The van der Waals surface area contributed by atoms with Crippen LogP contribution in [0.25, 0.3) is 11.3 Å². The Morgan fingerprint density at radius 1 is 1.00 bits per heavy atom. The number of piperazine rings is 1. The van der Waals surface area contributed by atoms with E-state index < -0.39 is 0 Å². The van der Waals surface area contributed by atoms with Crippen LogP contribution in [0.1, 0.15) is 16.1 Å². The minimum atomic E-state index is -0.248. The number of aryl methyl sites for hydroxylation is 1. The zero-order valence-corrected chi connectivity index (χ0v) is 15.1. The Labute approximate surface area is 157 Å². The van der Waals surface area contributed by atoms with Crippen LogP contribution in [0.15, 0.2) is 59.1 Å². The summed E-state index contributed by atoms with van der Waals surface area (Å²) in [6, 6.07) is 16.0. The molecule has 138 valence electrons. The predicted octanol–water partition coefficient (Wildman–Crippen LogP) is 3.75. The average Bonchev–Trinajstić information content (AvgIpc) is 3.19. The van der Waals surface area contributed by atoms with Crippen LogP contribution in [0.3, 0.4) is 0 Å². The lowest BCUT2D eigenvalue weighted by Gasteiger charge is -2.35. The van der Waals surface area contributed by atoms with E-state index in [9.17, 15) is 9.18 Å². The van der Waals surface area contributed by atoms with E-state index >= 15 is 0 Å². The first-order valence-corrected chi connectivity index (χ1v) is 8.94. The summed E-state index contributed by atoms with van der Waals surface area (Å²) in [5.41, 5.74) is 3.70. The highest BCUT2D eigenvalue weighted by molar-refractivity contribution is 5.92. The molecule has 0 aliphatic carbocycles. The molecule has 0 bridgehead atoms. The summed E-state index contributed by atoms with van der Waals surface area (Å²) in [5.74, 6) is -0.150. The van der Waals surface area contributed by atoms with Gasteiger partial charge in [0.1, 0.15) is 11.5 Å². The summed E-state index contributed by atoms with van der Waals surface area (Å²) in [6.45, 7) is 4.56. The molecule has 0 spiro atoms. The van der Waals surface area contributed by atoms with Crippen LogP contribution in [-0.4, -0.2) is 42.1 Å². The number of rotatable bonds is 3. The number of hydrogen-bond acceptors (Lipinski definition) is 4. The van der Waals surface area contributed by atoms with E-state index in [2.05, 4.69) is 10.1 Å². The molecule has 0 saturated carbocycles. The van der Waals surface area contributed by atoms with Gasteiger partial charge < -0.3 is 14.3 Å². The molecule has 0 N–H and O–H groups in total. The molecule has 2 heterocycles. The maximum atomic E-state index is 13.1. The summed E-state index contributed by atoms with van der Waals surface area (Å²) < 4.78 is 18.4. The normalized spacial score (nSPS) is 14.4. The fraction of sp³-hybridized carbons (Fsp3) is 0.238. The molecule has 3 aromatic rings. The Kier molecular flexibility index (Phi) is 4.62. The summed E-state index contributed by atoms with van der Waals surface area (Å²) >= 11 is 0. The number of benzene rings is 2. The molecule has 1 aliphatic heterocycles. The Morgan fingerprint density at radius 3 is 2.33 bits per heavy atom. The van der Waals surface area contributed by atoms with Gasteiger partial charge in [0.25, 0.3) is 5.91 Å². The van der Waals surface area contributed by atoms with Crippen molar-refractivity contribution in [2.24, 2.45) is 0 Å². The number of carbonyl (C=O) groups is 1. The minimum absolute atomic E-state index is 0.153. The smallest absolute Gasteiger partial charge is 0.292 e. The third kappa shape index (κ3) is 3.69. The van der Waals surface area contributed by atoms with Crippen molar-refractivity contribution in [1.29, 1.82) is 0 Å². The van der Waals surface area contributed by atoms with Gasteiger partial charge in [0.15, 0.2) is 0 Å². The van der Waals surface area contributed by atoms with Crippen molar-refractivity contribution in [2.75, 3.05) is 31.1 Å². The average molecular weight is 365 g/mol. The molecule has 4 rings (SSSR count). The minimum Gasteiger partial charge on any atom is -0.368 e. The molecule has 0 unspecified atom stereocenters. The number of carbonyl (C=O) groups excluding carboxylic acids is 1. The van der Waals surface area contributed by atoms with Crippen LogP contribution in [0.5, 0.6) is 0 Å². The van der Waals surface area contributed by atoms with E-state index in [4.69, 9.17) is 4.52 Å². The predicted molar refractivity (Wildman–Crippen MR) is 101 cm³/mol. The third-order valence-electron chi connectivity index (χ3n) is 4.83. The van der Waals surface area contributed by atoms with Crippen molar-refractivity contribution >= 4 is 11.6 Å². The number of nitrogens with zero attached hydrogens (tertiary/aromatic N) is 3. The van der Waals surface area contributed by atoms with Gasteiger partial charge in [-0.15, -0.1) is 0 Å². The van der Waals surface area contributed by atoms with Gasteiger partial charge in [-0.25, -0.2) is 4.39 Å². The van der Waals surface area contributed by atoms with Crippen molar-refractivity contribution in [3.8, 4) is 11.3 Å². The van der Waals surface area contributed by atoms with E-state index in [0.717, 1.165) is 16.8 Å². The highest BCUT2D eigenvalue weighted by Gasteiger charge is 2.25. The van der Waals surface area contributed by atoms with Crippen molar-refractivity contribution in [1.82, 2.24) is 10.1 Å². The zero-order chi connectivity index (χ0) is 18.8. The first kappa shape index (κ1) is 17.3. The summed E-state index contributed by atoms with van der Waals surface area (Å²) in [4.78, 5) is 16.6. The topological polar surface area (TPSA) is 49.6 Å². The van der Waals surface area contributed by atoms with Gasteiger partial charge in [-0.2, -0.15) is 0 Å².